The smallest absolute Gasteiger partial charge is 0.0994 e. The van der Waals surface area contributed by atoms with E-state index in [1.54, 1.807) is 0 Å². The molecule has 1 aromatic carbocycles. The summed E-state index contributed by atoms with van der Waals surface area (Å²) in [5.74, 6) is 0. The van der Waals surface area contributed by atoms with Gasteiger partial charge >= 0.3 is 0 Å². The largest absolute Gasteiger partial charge is 0.198 e. The van der Waals surface area contributed by atoms with Gasteiger partial charge in [-0.2, -0.15) is 10.5 Å². The lowest BCUT2D eigenvalue weighted by Crippen LogP contribution is -2.10. The van der Waals surface area contributed by atoms with Crippen LogP contribution in [0.15, 0.2) is 18.2 Å². The minimum absolute atomic E-state index is 0.150. The van der Waals surface area contributed by atoms with Crippen molar-refractivity contribution in [2.75, 3.05) is 0 Å². The first-order chi connectivity index (χ1) is 7.46. The van der Waals surface area contributed by atoms with Crippen molar-refractivity contribution in [3.63, 3.8) is 0 Å². The average molecular weight is 212 g/mol. The third-order valence-electron chi connectivity index (χ3n) is 2.29. The minimum Gasteiger partial charge on any atom is -0.198 e. The lowest BCUT2D eigenvalue weighted by Gasteiger charge is -2.19. The van der Waals surface area contributed by atoms with Crippen LogP contribution in [0.3, 0.4) is 0 Å². The molecule has 1 aromatic rings. The Bertz CT molecular complexity index is 453. The molecule has 0 heterocycles. The van der Waals surface area contributed by atoms with Gasteiger partial charge < -0.3 is 0 Å². The van der Waals surface area contributed by atoms with Gasteiger partial charge in [-0.1, -0.05) is 32.9 Å². The van der Waals surface area contributed by atoms with Crippen LogP contribution in [0.2, 0.25) is 0 Å². The molecule has 1 rings (SSSR count). The van der Waals surface area contributed by atoms with E-state index in [9.17, 15) is 0 Å². The molecule has 2 heteroatoms. The zero-order valence-electron chi connectivity index (χ0n) is 10.0. The number of benzene rings is 1. The molecule has 0 saturated carbocycles. The van der Waals surface area contributed by atoms with Gasteiger partial charge in [-0.15, -0.1) is 0 Å². The Hall–Kier alpha value is -1.80. The highest BCUT2D eigenvalue weighted by molar-refractivity contribution is 5.41. The highest BCUT2D eigenvalue weighted by Gasteiger charge is 2.14. The fourth-order valence-corrected chi connectivity index (χ4v) is 1.67. The molecule has 0 aromatic heterocycles. The molecular weight excluding hydrogens is 196 g/mol. The molecule has 0 N–H and O–H groups in total. The van der Waals surface area contributed by atoms with Gasteiger partial charge in [-0.05, 0) is 29.0 Å². The Labute approximate surface area is 97.1 Å². The second-order valence-electron chi connectivity index (χ2n) is 5.18. The summed E-state index contributed by atoms with van der Waals surface area (Å²) in [7, 11) is 0. The van der Waals surface area contributed by atoms with E-state index in [4.69, 9.17) is 10.5 Å². The van der Waals surface area contributed by atoms with Crippen LogP contribution in [0, 0.1) is 28.1 Å². The molecule has 0 spiro atoms. The molecule has 0 bridgehead atoms. The molecule has 0 radical (unpaired) electrons. The lowest BCUT2D eigenvalue weighted by atomic mass is 9.85. The van der Waals surface area contributed by atoms with Gasteiger partial charge in [0.15, 0.2) is 0 Å². The molecule has 0 atom stereocenters. The normalized spacial score (nSPS) is 10.6. The van der Waals surface area contributed by atoms with E-state index in [0.717, 1.165) is 23.1 Å². The second-order valence-corrected chi connectivity index (χ2v) is 5.18. The van der Waals surface area contributed by atoms with E-state index >= 15 is 0 Å². The molecule has 0 aliphatic carbocycles. The summed E-state index contributed by atoms with van der Waals surface area (Å²) in [4.78, 5) is 0. The molecule has 0 amide bonds. The first kappa shape index (κ1) is 12.3. The van der Waals surface area contributed by atoms with Crippen molar-refractivity contribution < 1.29 is 0 Å². The molecule has 2 nitrogen and oxygen atoms in total. The van der Waals surface area contributed by atoms with Gasteiger partial charge in [-0.25, -0.2) is 0 Å². The first-order valence-corrected chi connectivity index (χ1v) is 5.35. The SMILES string of the molecule is CC(C)(C)Cc1cc(CC#N)ccc1C#N. The molecule has 0 aliphatic rings. The number of rotatable bonds is 2. The third-order valence-corrected chi connectivity index (χ3v) is 2.29. The van der Waals surface area contributed by atoms with Gasteiger partial charge in [0.1, 0.15) is 0 Å². The summed E-state index contributed by atoms with van der Waals surface area (Å²) >= 11 is 0. The van der Waals surface area contributed by atoms with Gasteiger partial charge in [0, 0.05) is 0 Å². The molecule has 0 saturated heterocycles. The van der Waals surface area contributed by atoms with Crippen LogP contribution in [0.1, 0.15) is 37.5 Å². The van der Waals surface area contributed by atoms with Crippen molar-refractivity contribution in [3.8, 4) is 12.1 Å². The van der Waals surface area contributed by atoms with Gasteiger partial charge in [0.2, 0.25) is 0 Å². The summed E-state index contributed by atoms with van der Waals surface area (Å²) in [5.41, 5.74) is 2.90. The fraction of sp³-hybridized carbons (Fsp3) is 0.429. The van der Waals surface area contributed by atoms with Crippen LogP contribution in [0.4, 0.5) is 0 Å². The number of nitrogens with zero attached hydrogens (tertiary/aromatic N) is 2. The summed E-state index contributed by atoms with van der Waals surface area (Å²) < 4.78 is 0. The summed E-state index contributed by atoms with van der Waals surface area (Å²) in [6.07, 6.45) is 1.26. The molecule has 0 aliphatic heterocycles. The van der Waals surface area contributed by atoms with Crippen LogP contribution in [-0.4, -0.2) is 0 Å². The predicted molar refractivity (Wildman–Crippen MR) is 63.6 cm³/mol. The molecule has 0 fully saturated rings. The third kappa shape index (κ3) is 3.41. The summed E-state index contributed by atoms with van der Waals surface area (Å²) in [6, 6.07) is 9.98. The van der Waals surface area contributed by atoms with Crippen molar-refractivity contribution in [3.05, 3.63) is 34.9 Å². The molecule has 16 heavy (non-hydrogen) atoms. The van der Waals surface area contributed by atoms with Crippen LogP contribution in [0.25, 0.3) is 0 Å². The maximum absolute atomic E-state index is 9.02. The van der Waals surface area contributed by atoms with E-state index in [1.165, 1.54) is 0 Å². The molecule has 82 valence electrons. The Morgan fingerprint density at radius 2 is 1.88 bits per heavy atom. The van der Waals surface area contributed by atoms with E-state index in [-0.39, 0.29) is 5.41 Å². The Balaban J connectivity index is 3.09. The Morgan fingerprint density at radius 1 is 1.19 bits per heavy atom. The first-order valence-electron chi connectivity index (χ1n) is 5.35. The lowest BCUT2D eigenvalue weighted by molar-refractivity contribution is 0.411. The number of nitriles is 2. The van der Waals surface area contributed by atoms with Crippen molar-refractivity contribution in [1.82, 2.24) is 0 Å². The zero-order chi connectivity index (χ0) is 12.2. The van der Waals surface area contributed by atoms with E-state index in [0.29, 0.717) is 6.42 Å². The van der Waals surface area contributed by atoms with E-state index in [2.05, 4.69) is 32.9 Å². The van der Waals surface area contributed by atoms with Crippen molar-refractivity contribution in [2.45, 2.75) is 33.6 Å². The highest BCUT2D eigenvalue weighted by Crippen LogP contribution is 2.23. The second kappa shape index (κ2) is 4.81. The molecule has 0 unspecified atom stereocenters. The standard InChI is InChI=1S/C14H16N2/c1-14(2,3)9-13-8-11(6-7-15)4-5-12(13)10-16/h4-5,8H,6,9H2,1-3H3. The van der Waals surface area contributed by atoms with Gasteiger partial charge in [0.05, 0.1) is 24.1 Å². The topological polar surface area (TPSA) is 47.6 Å². The highest BCUT2D eigenvalue weighted by atomic mass is 14.3. The van der Waals surface area contributed by atoms with Crippen molar-refractivity contribution in [2.24, 2.45) is 5.41 Å². The monoisotopic (exact) mass is 212 g/mol. The summed E-state index contributed by atoms with van der Waals surface area (Å²) in [5, 5.41) is 17.7. The minimum atomic E-state index is 0.150. The van der Waals surface area contributed by atoms with Crippen LogP contribution in [-0.2, 0) is 12.8 Å². The van der Waals surface area contributed by atoms with Gasteiger partial charge in [-0.3, -0.25) is 0 Å². The van der Waals surface area contributed by atoms with Gasteiger partial charge in [0.25, 0.3) is 0 Å². The average Bonchev–Trinajstić information content (AvgIpc) is 2.16. The zero-order valence-corrected chi connectivity index (χ0v) is 10.0. The quantitative estimate of drug-likeness (QED) is 0.755. The van der Waals surface area contributed by atoms with Crippen LogP contribution >= 0.6 is 0 Å². The van der Waals surface area contributed by atoms with Crippen molar-refractivity contribution in [1.29, 1.82) is 10.5 Å². The number of hydrogen-bond donors (Lipinski definition) is 0. The fourth-order valence-electron chi connectivity index (χ4n) is 1.67. The number of hydrogen-bond acceptors (Lipinski definition) is 2. The molecular formula is C14H16N2. The van der Waals surface area contributed by atoms with Crippen LogP contribution < -0.4 is 0 Å². The maximum Gasteiger partial charge on any atom is 0.0994 e. The Kier molecular flexibility index (Phi) is 3.69. The Morgan fingerprint density at radius 3 is 2.38 bits per heavy atom. The maximum atomic E-state index is 9.02. The van der Waals surface area contributed by atoms with E-state index in [1.807, 2.05) is 18.2 Å². The summed E-state index contributed by atoms with van der Waals surface area (Å²) in [6.45, 7) is 6.43. The predicted octanol–water partition coefficient (Wildman–Crippen LogP) is 3.21. The van der Waals surface area contributed by atoms with E-state index < -0.39 is 0 Å². The van der Waals surface area contributed by atoms with Crippen molar-refractivity contribution >= 4 is 0 Å². The van der Waals surface area contributed by atoms with Crippen LogP contribution in [0.5, 0.6) is 0 Å².